The highest BCUT2D eigenvalue weighted by molar-refractivity contribution is 7.89. The molecule has 0 spiro atoms. The fraction of sp³-hybridized carbons (Fsp3) is 0.463. The molecule has 1 saturated carbocycles. The minimum Gasteiger partial charge on any atom is -0.496 e. The van der Waals surface area contributed by atoms with Crippen molar-refractivity contribution in [2.24, 2.45) is 5.92 Å². The van der Waals surface area contributed by atoms with Gasteiger partial charge in [-0.3, -0.25) is 9.59 Å². The normalized spacial score (nSPS) is 25.9. The van der Waals surface area contributed by atoms with Gasteiger partial charge in [-0.15, -0.1) is 0 Å². The summed E-state index contributed by atoms with van der Waals surface area (Å²) in [6, 6.07) is 13.6. The van der Waals surface area contributed by atoms with Gasteiger partial charge in [0.25, 0.3) is 5.91 Å². The van der Waals surface area contributed by atoms with E-state index in [4.69, 9.17) is 16.3 Å². The topological polar surface area (TPSA) is 101 Å². The molecular weight excluding hydrogens is 696 g/mol. The summed E-state index contributed by atoms with van der Waals surface area (Å²) in [4.78, 5) is 33.4. The number of amides is 2. The number of fused-ring (bicyclic) bond motifs is 8. The molecule has 1 N–H and O–H groups in total. The van der Waals surface area contributed by atoms with Gasteiger partial charge < -0.3 is 19.1 Å². The van der Waals surface area contributed by atoms with Gasteiger partial charge >= 0.3 is 0 Å². The number of hydrogen-bond acceptors (Lipinski definition) is 6. The predicted octanol–water partition coefficient (Wildman–Crippen LogP) is 6.58. The second kappa shape index (κ2) is 12.9. The molecule has 3 aliphatic heterocycles. The van der Waals surface area contributed by atoms with E-state index in [-0.39, 0.29) is 35.6 Å². The maximum Gasteiger partial charge on any atom is 0.265 e. The van der Waals surface area contributed by atoms with Crippen LogP contribution >= 0.6 is 11.6 Å². The summed E-state index contributed by atoms with van der Waals surface area (Å²) in [6.07, 6.45) is 12.7. The number of piperazine rings is 1. The van der Waals surface area contributed by atoms with Crippen LogP contribution in [-0.4, -0.2) is 73.9 Å². The molecule has 272 valence electrons. The number of aromatic nitrogens is 1. The molecular formula is C41H45ClN4O5S. The Morgan fingerprint density at radius 3 is 2.50 bits per heavy atom. The molecule has 1 aromatic heterocycles. The number of methoxy groups -OCH3 is 1. The van der Waals surface area contributed by atoms with Gasteiger partial charge in [0.05, 0.1) is 29.9 Å². The van der Waals surface area contributed by atoms with Crippen LogP contribution < -0.4 is 9.46 Å². The number of ether oxygens (including phenoxy) is 1. The van der Waals surface area contributed by atoms with Crippen LogP contribution in [0.5, 0.6) is 5.75 Å². The van der Waals surface area contributed by atoms with E-state index in [0.29, 0.717) is 35.0 Å². The lowest BCUT2D eigenvalue weighted by Gasteiger charge is -2.43. The Morgan fingerprint density at radius 2 is 1.77 bits per heavy atom. The lowest BCUT2D eigenvalue weighted by atomic mass is 9.75. The molecule has 9 rings (SSSR count). The van der Waals surface area contributed by atoms with Gasteiger partial charge in [0.1, 0.15) is 5.75 Å². The number of sulfonamides is 1. The number of benzene rings is 2. The highest BCUT2D eigenvalue weighted by Gasteiger charge is 2.50. The van der Waals surface area contributed by atoms with Crippen molar-refractivity contribution in [2.75, 3.05) is 27.2 Å². The molecule has 2 saturated heterocycles. The Hall–Kier alpha value is -3.86. The molecule has 3 aliphatic carbocycles. The average molecular weight is 741 g/mol. The first-order valence-electron chi connectivity index (χ1n) is 18.8. The molecule has 3 fully saturated rings. The van der Waals surface area contributed by atoms with E-state index in [2.05, 4.69) is 56.5 Å². The number of halogens is 1. The van der Waals surface area contributed by atoms with Crippen LogP contribution in [0.4, 0.5) is 0 Å². The van der Waals surface area contributed by atoms with E-state index in [1.807, 2.05) is 0 Å². The average Bonchev–Trinajstić information content (AvgIpc) is 3.66. The van der Waals surface area contributed by atoms with E-state index in [9.17, 15) is 18.0 Å². The van der Waals surface area contributed by atoms with Gasteiger partial charge in [-0.25, -0.2) is 13.1 Å². The predicted molar refractivity (Wildman–Crippen MR) is 202 cm³/mol. The third kappa shape index (κ3) is 5.73. The van der Waals surface area contributed by atoms with E-state index in [0.717, 1.165) is 77.8 Å². The first kappa shape index (κ1) is 33.9. The van der Waals surface area contributed by atoms with Crippen LogP contribution in [0, 0.1) is 5.92 Å². The first-order valence-corrected chi connectivity index (χ1v) is 20.8. The summed E-state index contributed by atoms with van der Waals surface area (Å²) in [5, 5.41) is 1.46. The number of carbonyl (C=O) groups excluding carboxylic acids is 2. The largest absolute Gasteiger partial charge is 0.496 e. The van der Waals surface area contributed by atoms with E-state index < -0.39 is 15.9 Å². The lowest BCUT2D eigenvalue weighted by Crippen LogP contribution is -2.56. The number of likely N-dealkylation sites (tertiary alicyclic amines) is 1. The summed E-state index contributed by atoms with van der Waals surface area (Å²) >= 11 is 6.12. The molecule has 3 unspecified atom stereocenters. The van der Waals surface area contributed by atoms with Gasteiger partial charge in [-0.1, -0.05) is 61.2 Å². The SMILES string of the molecule is COc1ccc(C2CCCCC2)c2c1cc1n2CC2=C(C(=O)NS(=O)(=O)Cc3cccc(Cl)c3)C2=C2C=CC[C@@H](C(=O)N3C4CCC3CN(C)C4)C21. The van der Waals surface area contributed by atoms with Crippen molar-refractivity contribution in [1.82, 2.24) is 19.1 Å². The van der Waals surface area contributed by atoms with Crippen molar-refractivity contribution < 1.29 is 22.7 Å². The molecule has 2 aromatic carbocycles. The maximum atomic E-state index is 14.9. The van der Waals surface area contributed by atoms with Crippen molar-refractivity contribution in [3.05, 3.63) is 98.8 Å². The molecule has 2 amide bonds. The van der Waals surface area contributed by atoms with E-state index >= 15 is 0 Å². The van der Waals surface area contributed by atoms with Crippen LogP contribution in [0.25, 0.3) is 10.9 Å². The molecule has 4 atom stereocenters. The van der Waals surface area contributed by atoms with Crippen LogP contribution in [0.15, 0.2) is 76.9 Å². The van der Waals surface area contributed by atoms with Crippen LogP contribution in [0.2, 0.25) is 5.02 Å². The summed E-state index contributed by atoms with van der Waals surface area (Å²) in [7, 11) is -0.176. The minimum absolute atomic E-state index is 0.184. The van der Waals surface area contributed by atoms with Crippen molar-refractivity contribution in [1.29, 1.82) is 0 Å². The monoisotopic (exact) mass is 740 g/mol. The fourth-order valence-corrected chi connectivity index (χ4v) is 11.5. The molecule has 4 heterocycles. The molecule has 11 heteroatoms. The van der Waals surface area contributed by atoms with Gasteiger partial charge in [0.15, 0.2) is 0 Å². The highest BCUT2D eigenvalue weighted by atomic mass is 35.5. The number of rotatable bonds is 7. The van der Waals surface area contributed by atoms with E-state index in [1.165, 1.54) is 24.8 Å². The molecule has 6 aliphatic rings. The zero-order valence-electron chi connectivity index (χ0n) is 29.7. The molecule has 0 radical (unpaired) electrons. The zero-order valence-corrected chi connectivity index (χ0v) is 31.3. The molecule has 52 heavy (non-hydrogen) atoms. The van der Waals surface area contributed by atoms with E-state index in [1.54, 1.807) is 31.4 Å². The number of likely N-dealkylation sites (N-methyl/N-ethyl adjacent to an activating group) is 1. The Morgan fingerprint density at radius 1 is 1.00 bits per heavy atom. The first-order chi connectivity index (χ1) is 25.1. The maximum absolute atomic E-state index is 14.9. The number of nitrogens with one attached hydrogen (secondary N) is 1. The number of allylic oxidation sites excluding steroid dienone is 4. The second-order valence-electron chi connectivity index (χ2n) is 15.7. The summed E-state index contributed by atoms with van der Waals surface area (Å²) in [5.41, 5.74) is 6.94. The summed E-state index contributed by atoms with van der Waals surface area (Å²) < 4.78 is 37.4. The summed E-state index contributed by atoms with van der Waals surface area (Å²) in [6.45, 7) is 2.18. The smallest absolute Gasteiger partial charge is 0.265 e. The Kier molecular flexibility index (Phi) is 8.43. The lowest BCUT2D eigenvalue weighted by molar-refractivity contribution is -0.141. The van der Waals surface area contributed by atoms with Crippen LogP contribution in [0.3, 0.4) is 0 Å². The van der Waals surface area contributed by atoms with Crippen LogP contribution in [0.1, 0.15) is 80.0 Å². The van der Waals surface area contributed by atoms with Crippen molar-refractivity contribution >= 4 is 44.3 Å². The number of carbonyl (C=O) groups is 2. The molecule has 3 aromatic rings. The Balaban J connectivity index is 1.16. The third-order valence-corrected chi connectivity index (χ3v) is 13.9. The quantitative estimate of drug-likeness (QED) is 0.294. The molecule has 2 bridgehead atoms. The van der Waals surface area contributed by atoms with Crippen molar-refractivity contribution in [3.63, 3.8) is 0 Å². The van der Waals surface area contributed by atoms with Gasteiger partial charge in [-0.2, -0.15) is 0 Å². The van der Waals surface area contributed by atoms with Gasteiger partial charge in [-0.05, 0) is 97.2 Å². The highest BCUT2D eigenvalue weighted by Crippen LogP contribution is 2.55. The fourth-order valence-electron chi connectivity index (χ4n) is 10.2. The van der Waals surface area contributed by atoms with Gasteiger partial charge in [0.2, 0.25) is 15.9 Å². The zero-order chi connectivity index (χ0) is 35.9. The van der Waals surface area contributed by atoms with Crippen molar-refractivity contribution in [2.45, 2.75) is 87.6 Å². The number of nitrogens with zero attached hydrogens (tertiary/aromatic N) is 3. The van der Waals surface area contributed by atoms with Crippen molar-refractivity contribution in [3.8, 4) is 5.75 Å². The molecule has 9 nitrogen and oxygen atoms in total. The Bertz CT molecular complexity index is 2200. The third-order valence-electron chi connectivity index (χ3n) is 12.4. The standard InChI is InChI=1S/C41H45ClN4O5S/c1-44-20-27-14-15-28(21-44)46(27)41(48)31-13-7-12-30-36(31)34-19-32-35(51-2)17-16-29(25-9-4-3-5-10-25)39(32)45(34)22-33-37(30)38(33)40(47)43-52(49,50)23-24-8-6-11-26(42)18-24/h6-8,11-12,16-19,25,27-28,31,36H,3-5,9-10,13-15,20-23H2,1-2H3,(H,43,47)/t27?,28?,31-,36?/m1/s1. The Labute approximate surface area is 310 Å². The number of hydrogen-bond donors (Lipinski definition) is 1. The minimum atomic E-state index is -4.02. The van der Waals surface area contributed by atoms with Gasteiger partial charge in [0, 0.05) is 53.7 Å². The second-order valence-corrected chi connectivity index (χ2v) is 17.8. The summed E-state index contributed by atoms with van der Waals surface area (Å²) in [5.74, 6) is -0.242. The van der Waals surface area contributed by atoms with Crippen LogP contribution in [-0.2, 0) is 31.9 Å².